The third-order valence-corrected chi connectivity index (χ3v) is 3.46. The lowest BCUT2D eigenvalue weighted by molar-refractivity contribution is 0.0535. The lowest BCUT2D eigenvalue weighted by Gasteiger charge is -2.30. The van der Waals surface area contributed by atoms with Crippen molar-refractivity contribution in [3.05, 3.63) is 18.2 Å². The fourth-order valence-electron chi connectivity index (χ4n) is 2.47. The van der Waals surface area contributed by atoms with Gasteiger partial charge < -0.3 is 15.0 Å². The number of imidazole rings is 1. The van der Waals surface area contributed by atoms with Crippen LogP contribution in [0.3, 0.4) is 0 Å². The van der Waals surface area contributed by atoms with Crippen LogP contribution < -0.4 is 5.32 Å². The zero-order valence-electron chi connectivity index (χ0n) is 10.6. The zero-order chi connectivity index (χ0) is 11.9. The second kappa shape index (κ2) is 6.77. The molecule has 0 saturated carbocycles. The molecule has 1 aliphatic rings. The summed E-state index contributed by atoms with van der Waals surface area (Å²) in [5.41, 5.74) is 0. The molecule has 0 aromatic carbocycles. The first kappa shape index (κ1) is 12.6. The quantitative estimate of drug-likeness (QED) is 0.792. The van der Waals surface area contributed by atoms with Gasteiger partial charge in [-0.3, -0.25) is 0 Å². The Balaban J connectivity index is 1.91. The van der Waals surface area contributed by atoms with E-state index in [1.807, 2.05) is 12.4 Å². The van der Waals surface area contributed by atoms with Gasteiger partial charge in [0.05, 0.1) is 0 Å². The van der Waals surface area contributed by atoms with Crippen LogP contribution in [0, 0.1) is 5.92 Å². The van der Waals surface area contributed by atoms with Crippen LogP contribution in [0.2, 0.25) is 0 Å². The summed E-state index contributed by atoms with van der Waals surface area (Å²) in [6, 6.07) is 0.532. The van der Waals surface area contributed by atoms with E-state index in [0.29, 0.717) is 6.04 Å². The van der Waals surface area contributed by atoms with E-state index in [1.54, 1.807) is 0 Å². The molecule has 17 heavy (non-hydrogen) atoms. The topological polar surface area (TPSA) is 49.9 Å². The molecule has 2 heterocycles. The first-order valence-corrected chi connectivity index (χ1v) is 6.69. The third kappa shape index (κ3) is 3.82. The molecule has 4 nitrogen and oxygen atoms in total. The number of hydrogen-bond donors (Lipinski definition) is 2. The van der Waals surface area contributed by atoms with E-state index in [9.17, 15) is 0 Å². The van der Waals surface area contributed by atoms with Crippen LogP contribution in [0.25, 0.3) is 0 Å². The van der Waals surface area contributed by atoms with Gasteiger partial charge in [0.1, 0.15) is 5.82 Å². The van der Waals surface area contributed by atoms with Crippen LogP contribution in [0.5, 0.6) is 0 Å². The normalized spacial score (nSPS) is 19.4. The van der Waals surface area contributed by atoms with Crippen LogP contribution in [0.15, 0.2) is 12.4 Å². The summed E-state index contributed by atoms with van der Waals surface area (Å²) in [7, 11) is 0. The van der Waals surface area contributed by atoms with Crippen molar-refractivity contribution in [2.75, 3.05) is 19.8 Å². The van der Waals surface area contributed by atoms with Crippen LogP contribution in [-0.4, -0.2) is 35.8 Å². The summed E-state index contributed by atoms with van der Waals surface area (Å²) in [6.45, 7) is 5.11. The van der Waals surface area contributed by atoms with Crippen molar-refractivity contribution in [3.8, 4) is 0 Å². The van der Waals surface area contributed by atoms with Crippen molar-refractivity contribution in [3.63, 3.8) is 0 Å². The third-order valence-electron chi connectivity index (χ3n) is 3.46. The molecule has 0 aliphatic carbocycles. The van der Waals surface area contributed by atoms with Crippen LogP contribution in [0.4, 0.5) is 0 Å². The predicted octanol–water partition coefficient (Wildman–Crippen LogP) is 1.75. The summed E-state index contributed by atoms with van der Waals surface area (Å²) in [6.07, 6.45) is 8.24. The number of aromatic nitrogens is 2. The van der Waals surface area contributed by atoms with Crippen molar-refractivity contribution in [2.24, 2.45) is 5.92 Å². The Morgan fingerprint density at radius 3 is 3.00 bits per heavy atom. The number of nitrogens with one attached hydrogen (secondary N) is 2. The Morgan fingerprint density at radius 1 is 1.53 bits per heavy atom. The number of hydrogen-bond acceptors (Lipinski definition) is 3. The molecular formula is C13H23N3O. The largest absolute Gasteiger partial charge is 0.381 e. The van der Waals surface area contributed by atoms with E-state index in [2.05, 4.69) is 22.2 Å². The Morgan fingerprint density at radius 2 is 2.35 bits per heavy atom. The zero-order valence-corrected chi connectivity index (χ0v) is 10.6. The van der Waals surface area contributed by atoms with Gasteiger partial charge in [0.2, 0.25) is 0 Å². The predicted molar refractivity (Wildman–Crippen MR) is 67.9 cm³/mol. The maximum absolute atomic E-state index is 5.44. The first-order valence-electron chi connectivity index (χ1n) is 6.69. The molecule has 1 fully saturated rings. The number of ether oxygens (including phenoxy) is 1. The Labute approximate surface area is 103 Å². The smallest absolute Gasteiger partial charge is 0.107 e. The second-order valence-corrected chi connectivity index (χ2v) is 4.75. The molecule has 1 unspecified atom stereocenters. The summed E-state index contributed by atoms with van der Waals surface area (Å²) in [4.78, 5) is 7.53. The van der Waals surface area contributed by atoms with Gasteiger partial charge in [-0.05, 0) is 31.7 Å². The minimum Gasteiger partial charge on any atom is -0.381 e. The van der Waals surface area contributed by atoms with Gasteiger partial charge in [-0.1, -0.05) is 6.92 Å². The molecule has 1 aromatic heterocycles. The van der Waals surface area contributed by atoms with E-state index in [-0.39, 0.29) is 0 Å². The highest BCUT2D eigenvalue weighted by atomic mass is 16.5. The van der Waals surface area contributed by atoms with E-state index in [1.165, 1.54) is 19.3 Å². The van der Waals surface area contributed by atoms with E-state index < -0.39 is 0 Å². The van der Waals surface area contributed by atoms with E-state index in [0.717, 1.165) is 37.9 Å². The molecule has 0 amide bonds. The first-order chi connectivity index (χ1) is 8.40. The maximum Gasteiger partial charge on any atom is 0.107 e. The molecule has 0 spiro atoms. The van der Waals surface area contributed by atoms with Crippen LogP contribution in [-0.2, 0) is 11.2 Å². The molecule has 4 heteroatoms. The van der Waals surface area contributed by atoms with Crippen molar-refractivity contribution in [2.45, 2.75) is 38.6 Å². The number of H-pyrrole nitrogens is 1. The molecule has 1 aliphatic heterocycles. The average Bonchev–Trinajstić information content (AvgIpc) is 2.88. The fraction of sp³-hybridized carbons (Fsp3) is 0.769. The number of nitrogens with zero attached hydrogens (tertiary/aromatic N) is 1. The molecule has 1 aromatic rings. The maximum atomic E-state index is 5.44. The standard InChI is InChI=1S/C13H23N3O/c1-2-5-14-12(10-13-15-6-7-16-13)11-3-8-17-9-4-11/h6-7,11-12,14H,2-5,8-10H2,1H3,(H,15,16). The van der Waals surface area contributed by atoms with Gasteiger partial charge >= 0.3 is 0 Å². The Kier molecular flexibility index (Phi) is 5.01. The molecule has 1 atom stereocenters. The SMILES string of the molecule is CCCNC(Cc1ncc[nH]1)C1CCOCC1. The summed E-state index contributed by atoms with van der Waals surface area (Å²) in [5, 5.41) is 3.66. The van der Waals surface area contributed by atoms with E-state index in [4.69, 9.17) is 4.74 Å². The summed E-state index contributed by atoms with van der Waals surface area (Å²) >= 11 is 0. The lowest BCUT2D eigenvalue weighted by Crippen LogP contribution is -2.41. The minimum absolute atomic E-state index is 0.532. The average molecular weight is 237 g/mol. The molecule has 2 N–H and O–H groups in total. The monoisotopic (exact) mass is 237 g/mol. The molecule has 96 valence electrons. The molecular weight excluding hydrogens is 214 g/mol. The highest BCUT2D eigenvalue weighted by Gasteiger charge is 2.24. The van der Waals surface area contributed by atoms with Gasteiger partial charge in [-0.15, -0.1) is 0 Å². The highest BCUT2D eigenvalue weighted by molar-refractivity contribution is 4.93. The van der Waals surface area contributed by atoms with Gasteiger partial charge in [0.25, 0.3) is 0 Å². The van der Waals surface area contributed by atoms with Crippen LogP contribution in [0.1, 0.15) is 32.0 Å². The minimum atomic E-state index is 0.532. The molecule has 0 radical (unpaired) electrons. The van der Waals surface area contributed by atoms with Crippen molar-refractivity contribution in [1.29, 1.82) is 0 Å². The molecule has 1 saturated heterocycles. The Bertz CT molecular complexity index is 294. The summed E-state index contributed by atoms with van der Waals surface area (Å²) < 4.78 is 5.44. The van der Waals surface area contributed by atoms with Gasteiger partial charge in [-0.2, -0.15) is 0 Å². The Hall–Kier alpha value is -0.870. The van der Waals surface area contributed by atoms with E-state index >= 15 is 0 Å². The van der Waals surface area contributed by atoms with Crippen LogP contribution >= 0.6 is 0 Å². The van der Waals surface area contributed by atoms with Gasteiger partial charge in [-0.25, -0.2) is 4.98 Å². The second-order valence-electron chi connectivity index (χ2n) is 4.75. The van der Waals surface area contributed by atoms with Crippen molar-refractivity contribution in [1.82, 2.24) is 15.3 Å². The van der Waals surface area contributed by atoms with Gasteiger partial charge in [0.15, 0.2) is 0 Å². The number of rotatable bonds is 6. The van der Waals surface area contributed by atoms with Gasteiger partial charge in [0, 0.05) is 38.1 Å². The fourth-order valence-corrected chi connectivity index (χ4v) is 2.47. The summed E-state index contributed by atoms with van der Waals surface area (Å²) in [5.74, 6) is 1.81. The molecule has 2 rings (SSSR count). The lowest BCUT2D eigenvalue weighted by atomic mass is 9.89. The number of aromatic amines is 1. The molecule has 0 bridgehead atoms. The van der Waals surface area contributed by atoms with Crippen molar-refractivity contribution < 1.29 is 4.74 Å². The van der Waals surface area contributed by atoms with Crippen molar-refractivity contribution >= 4 is 0 Å². The highest BCUT2D eigenvalue weighted by Crippen LogP contribution is 2.20.